The molecule has 0 amide bonds. The number of sulfonamides is 1. The lowest BCUT2D eigenvalue weighted by Gasteiger charge is -2.27. The summed E-state index contributed by atoms with van der Waals surface area (Å²) in [5.41, 5.74) is 0. The van der Waals surface area contributed by atoms with Crippen LogP contribution < -0.4 is 4.72 Å². The maximum absolute atomic E-state index is 12.1. The fourth-order valence-corrected chi connectivity index (χ4v) is 5.07. The van der Waals surface area contributed by atoms with Crippen molar-refractivity contribution in [2.75, 3.05) is 5.75 Å². The Bertz CT molecular complexity index is 435. The molecule has 0 bridgehead atoms. The molecule has 2 aliphatic rings. The maximum Gasteiger partial charge on any atom is 0.306 e. The van der Waals surface area contributed by atoms with Gasteiger partial charge >= 0.3 is 5.97 Å². The molecule has 2 saturated carbocycles. The molecule has 0 aromatic rings. The normalized spacial score (nSPS) is 28.4. The van der Waals surface area contributed by atoms with Crippen LogP contribution >= 0.6 is 0 Å². The zero-order valence-electron chi connectivity index (χ0n) is 12.6. The molecule has 0 aromatic heterocycles. The van der Waals surface area contributed by atoms with Gasteiger partial charge in [-0.2, -0.15) is 0 Å². The minimum Gasteiger partial charge on any atom is -0.481 e. The van der Waals surface area contributed by atoms with Crippen LogP contribution in [0.15, 0.2) is 0 Å². The summed E-state index contributed by atoms with van der Waals surface area (Å²) in [6.45, 7) is 0. The second-order valence-corrected chi connectivity index (χ2v) is 8.49. The molecule has 0 atom stereocenters. The van der Waals surface area contributed by atoms with Gasteiger partial charge in [0, 0.05) is 6.04 Å². The van der Waals surface area contributed by atoms with Crippen LogP contribution in [0.25, 0.3) is 0 Å². The van der Waals surface area contributed by atoms with Gasteiger partial charge in [-0.3, -0.25) is 4.79 Å². The van der Waals surface area contributed by atoms with Crippen molar-refractivity contribution in [2.24, 2.45) is 11.8 Å². The van der Waals surface area contributed by atoms with Gasteiger partial charge in [0.25, 0.3) is 0 Å². The molecule has 0 radical (unpaired) electrons. The highest BCUT2D eigenvalue weighted by molar-refractivity contribution is 7.89. The first-order valence-electron chi connectivity index (χ1n) is 8.19. The predicted octanol–water partition coefficient (Wildman–Crippen LogP) is 2.52. The molecule has 2 N–H and O–H groups in total. The number of aliphatic carboxylic acids is 1. The molecular weight excluding hydrogens is 290 g/mol. The van der Waals surface area contributed by atoms with E-state index in [-0.39, 0.29) is 17.7 Å². The Morgan fingerprint density at radius 3 is 2.19 bits per heavy atom. The van der Waals surface area contributed by atoms with E-state index in [1.807, 2.05) is 0 Å². The zero-order valence-corrected chi connectivity index (χ0v) is 13.4. The average molecular weight is 317 g/mol. The monoisotopic (exact) mass is 317 g/mol. The van der Waals surface area contributed by atoms with E-state index < -0.39 is 16.0 Å². The van der Waals surface area contributed by atoms with E-state index in [1.165, 1.54) is 32.1 Å². The summed E-state index contributed by atoms with van der Waals surface area (Å²) in [6.07, 6.45) is 9.27. The Morgan fingerprint density at radius 2 is 1.62 bits per heavy atom. The van der Waals surface area contributed by atoms with Gasteiger partial charge in [0.1, 0.15) is 0 Å². The van der Waals surface area contributed by atoms with Crippen molar-refractivity contribution in [3.8, 4) is 0 Å². The van der Waals surface area contributed by atoms with Crippen LogP contribution in [0.1, 0.15) is 64.2 Å². The molecule has 0 saturated heterocycles. The summed E-state index contributed by atoms with van der Waals surface area (Å²) in [5, 5.41) is 8.95. The molecule has 122 valence electrons. The van der Waals surface area contributed by atoms with Crippen LogP contribution in [0.3, 0.4) is 0 Å². The molecule has 0 unspecified atom stereocenters. The van der Waals surface area contributed by atoms with Gasteiger partial charge in [0.05, 0.1) is 11.7 Å². The number of nitrogens with one attached hydrogen (secondary N) is 1. The van der Waals surface area contributed by atoms with Crippen LogP contribution in [-0.2, 0) is 14.8 Å². The SMILES string of the molecule is O=C(O)C1CCC(NS(=O)(=O)CCC2CCCCC2)CC1. The van der Waals surface area contributed by atoms with Gasteiger partial charge in [-0.05, 0) is 38.0 Å². The Labute approximate surface area is 127 Å². The summed E-state index contributed by atoms with van der Waals surface area (Å²) >= 11 is 0. The molecule has 0 aliphatic heterocycles. The van der Waals surface area contributed by atoms with Gasteiger partial charge in [-0.25, -0.2) is 13.1 Å². The minimum absolute atomic E-state index is 0.0723. The van der Waals surface area contributed by atoms with Crippen LogP contribution in [0.4, 0.5) is 0 Å². The quantitative estimate of drug-likeness (QED) is 0.788. The van der Waals surface area contributed by atoms with Gasteiger partial charge in [0.2, 0.25) is 10.0 Å². The Hall–Kier alpha value is -0.620. The van der Waals surface area contributed by atoms with E-state index in [4.69, 9.17) is 5.11 Å². The summed E-state index contributed by atoms with van der Waals surface area (Å²) in [6, 6.07) is -0.0723. The maximum atomic E-state index is 12.1. The summed E-state index contributed by atoms with van der Waals surface area (Å²) in [4.78, 5) is 10.9. The summed E-state index contributed by atoms with van der Waals surface area (Å²) in [5.74, 6) is -0.268. The van der Waals surface area contributed by atoms with Gasteiger partial charge in [0.15, 0.2) is 0 Å². The molecule has 6 heteroatoms. The first kappa shape index (κ1) is 16.7. The van der Waals surface area contributed by atoms with E-state index >= 15 is 0 Å². The van der Waals surface area contributed by atoms with Gasteiger partial charge < -0.3 is 5.11 Å². The number of carboxylic acids is 1. The number of carbonyl (C=O) groups is 1. The number of hydrogen-bond donors (Lipinski definition) is 2. The van der Waals surface area contributed by atoms with E-state index in [0.717, 1.165) is 6.42 Å². The molecule has 0 spiro atoms. The highest BCUT2D eigenvalue weighted by Crippen LogP contribution is 2.27. The molecule has 2 aliphatic carbocycles. The van der Waals surface area contributed by atoms with E-state index in [1.54, 1.807) is 0 Å². The lowest BCUT2D eigenvalue weighted by molar-refractivity contribution is -0.142. The molecular formula is C15H27NO4S. The molecule has 0 aromatic carbocycles. The summed E-state index contributed by atoms with van der Waals surface area (Å²) < 4.78 is 27.0. The molecule has 2 fully saturated rings. The highest BCUT2D eigenvalue weighted by Gasteiger charge is 2.28. The van der Waals surface area contributed by atoms with Crippen LogP contribution in [0, 0.1) is 11.8 Å². The molecule has 21 heavy (non-hydrogen) atoms. The molecule has 2 rings (SSSR count). The van der Waals surface area contributed by atoms with Crippen molar-refractivity contribution in [1.82, 2.24) is 4.72 Å². The lowest BCUT2D eigenvalue weighted by Crippen LogP contribution is -2.40. The van der Waals surface area contributed by atoms with Gasteiger partial charge in [-0.15, -0.1) is 0 Å². The Morgan fingerprint density at radius 1 is 1.00 bits per heavy atom. The van der Waals surface area contributed by atoms with Crippen LogP contribution in [-0.4, -0.2) is 31.3 Å². The summed E-state index contributed by atoms with van der Waals surface area (Å²) in [7, 11) is -3.22. The fourth-order valence-electron chi connectivity index (χ4n) is 3.57. The second kappa shape index (κ2) is 7.58. The molecule has 5 nitrogen and oxygen atoms in total. The number of hydrogen-bond acceptors (Lipinski definition) is 3. The van der Waals surface area contributed by atoms with Gasteiger partial charge in [-0.1, -0.05) is 32.1 Å². The number of rotatable bonds is 6. The average Bonchev–Trinajstić information content (AvgIpc) is 2.46. The smallest absolute Gasteiger partial charge is 0.306 e. The third-order valence-electron chi connectivity index (χ3n) is 4.94. The van der Waals surface area contributed by atoms with Crippen LogP contribution in [0.5, 0.6) is 0 Å². The fraction of sp³-hybridized carbons (Fsp3) is 0.933. The first-order valence-corrected chi connectivity index (χ1v) is 9.84. The van der Waals surface area contributed by atoms with Crippen molar-refractivity contribution in [2.45, 2.75) is 70.3 Å². The van der Waals surface area contributed by atoms with Crippen molar-refractivity contribution in [1.29, 1.82) is 0 Å². The largest absolute Gasteiger partial charge is 0.481 e. The zero-order chi connectivity index (χ0) is 15.3. The first-order chi connectivity index (χ1) is 9.96. The Balaban J connectivity index is 1.72. The van der Waals surface area contributed by atoms with E-state index in [9.17, 15) is 13.2 Å². The minimum atomic E-state index is -3.22. The number of carboxylic acid groups (broad SMARTS) is 1. The predicted molar refractivity (Wildman–Crippen MR) is 81.5 cm³/mol. The van der Waals surface area contributed by atoms with Crippen molar-refractivity contribution >= 4 is 16.0 Å². The van der Waals surface area contributed by atoms with Crippen molar-refractivity contribution in [3.63, 3.8) is 0 Å². The standard InChI is InChI=1S/C15H27NO4S/c17-15(18)13-6-8-14(9-7-13)16-21(19,20)11-10-12-4-2-1-3-5-12/h12-14,16H,1-11H2,(H,17,18). The van der Waals surface area contributed by atoms with Crippen molar-refractivity contribution in [3.05, 3.63) is 0 Å². The third kappa shape index (κ3) is 5.58. The highest BCUT2D eigenvalue weighted by atomic mass is 32.2. The second-order valence-electron chi connectivity index (χ2n) is 6.62. The topological polar surface area (TPSA) is 83.5 Å². The molecule has 0 heterocycles. The Kier molecular flexibility index (Phi) is 6.05. The van der Waals surface area contributed by atoms with E-state index in [2.05, 4.69) is 4.72 Å². The third-order valence-corrected chi connectivity index (χ3v) is 6.41. The lowest BCUT2D eigenvalue weighted by atomic mass is 9.87. The van der Waals surface area contributed by atoms with E-state index in [0.29, 0.717) is 31.6 Å². The van der Waals surface area contributed by atoms with Crippen molar-refractivity contribution < 1.29 is 18.3 Å². The van der Waals surface area contributed by atoms with Crippen LogP contribution in [0.2, 0.25) is 0 Å².